The van der Waals surface area contributed by atoms with Crippen LogP contribution < -0.4 is 0 Å². The number of hydrogen-bond donors (Lipinski definition) is 1. The van der Waals surface area contributed by atoms with Gasteiger partial charge in [-0.2, -0.15) is 0 Å². The lowest BCUT2D eigenvalue weighted by molar-refractivity contribution is -0.154. The Balaban J connectivity index is 2.75. The van der Waals surface area contributed by atoms with Crippen LogP contribution in [0.2, 0.25) is 0 Å². The number of hydrogen-bond acceptors (Lipinski definition) is 2. The number of piperidine rings is 1. The van der Waals surface area contributed by atoms with Crippen LogP contribution in [0.15, 0.2) is 0 Å². The average molecular weight is 241 g/mol. The van der Waals surface area contributed by atoms with E-state index >= 15 is 0 Å². The summed E-state index contributed by atoms with van der Waals surface area (Å²) in [5.74, 6) is -0.655. The maximum Gasteiger partial charge on any atom is 0.308 e. The summed E-state index contributed by atoms with van der Waals surface area (Å²) in [5, 5.41) is 9.22. The molecule has 1 heterocycles. The fourth-order valence-electron chi connectivity index (χ4n) is 2.59. The molecule has 1 aliphatic rings. The van der Waals surface area contributed by atoms with Gasteiger partial charge < -0.3 is 10.0 Å². The Morgan fingerprint density at radius 3 is 2.53 bits per heavy atom. The topological polar surface area (TPSA) is 57.6 Å². The molecule has 3 unspecified atom stereocenters. The number of carboxylic acids is 1. The van der Waals surface area contributed by atoms with Gasteiger partial charge in [0.15, 0.2) is 0 Å². The molecule has 98 valence electrons. The summed E-state index contributed by atoms with van der Waals surface area (Å²) < 4.78 is 0. The summed E-state index contributed by atoms with van der Waals surface area (Å²) in [6, 6.07) is -0.192. The summed E-state index contributed by atoms with van der Waals surface area (Å²) in [7, 11) is 0. The van der Waals surface area contributed by atoms with Crippen LogP contribution in [0.4, 0.5) is 0 Å². The zero-order valence-corrected chi connectivity index (χ0v) is 11.1. The third-order valence-electron chi connectivity index (χ3n) is 3.67. The molecular formula is C13H23NO3. The Hall–Kier alpha value is -1.06. The number of carbonyl (C=O) groups is 2. The molecule has 4 nitrogen and oxygen atoms in total. The SMILES string of the molecule is CC(C)CCN1C(=O)CC(C)C(C(=O)O)C1C. The summed E-state index contributed by atoms with van der Waals surface area (Å²) >= 11 is 0. The highest BCUT2D eigenvalue weighted by molar-refractivity contribution is 5.81. The second-order valence-electron chi connectivity index (χ2n) is 5.56. The maximum atomic E-state index is 11.9. The van der Waals surface area contributed by atoms with Gasteiger partial charge in [0.2, 0.25) is 5.91 Å². The largest absolute Gasteiger partial charge is 0.481 e. The van der Waals surface area contributed by atoms with Crippen molar-refractivity contribution in [3.63, 3.8) is 0 Å². The summed E-state index contributed by atoms with van der Waals surface area (Å²) in [5.41, 5.74) is 0. The van der Waals surface area contributed by atoms with Gasteiger partial charge in [0, 0.05) is 19.0 Å². The monoisotopic (exact) mass is 241 g/mol. The van der Waals surface area contributed by atoms with E-state index in [2.05, 4.69) is 13.8 Å². The first-order valence-electron chi connectivity index (χ1n) is 6.36. The van der Waals surface area contributed by atoms with Gasteiger partial charge >= 0.3 is 5.97 Å². The zero-order chi connectivity index (χ0) is 13.2. The highest BCUT2D eigenvalue weighted by atomic mass is 16.4. The Morgan fingerprint density at radius 2 is 2.06 bits per heavy atom. The molecule has 0 spiro atoms. The van der Waals surface area contributed by atoms with Crippen molar-refractivity contribution in [1.29, 1.82) is 0 Å². The smallest absolute Gasteiger partial charge is 0.308 e. The Kier molecular flexibility index (Phi) is 4.54. The van der Waals surface area contributed by atoms with Gasteiger partial charge in [-0.15, -0.1) is 0 Å². The molecule has 0 saturated carbocycles. The third kappa shape index (κ3) is 3.20. The van der Waals surface area contributed by atoms with Crippen molar-refractivity contribution in [3.8, 4) is 0 Å². The standard InChI is InChI=1S/C13H23NO3/c1-8(2)5-6-14-10(4)12(13(16)17)9(3)7-11(14)15/h8-10,12H,5-7H2,1-4H3,(H,16,17). The van der Waals surface area contributed by atoms with E-state index in [1.165, 1.54) is 0 Å². The lowest BCUT2D eigenvalue weighted by Crippen LogP contribution is -2.53. The Bertz CT molecular complexity index is 301. The first-order chi connectivity index (χ1) is 7.84. The predicted octanol–water partition coefficient (Wildman–Crippen LogP) is 1.99. The molecular weight excluding hydrogens is 218 g/mol. The lowest BCUT2D eigenvalue weighted by atomic mass is 9.81. The minimum absolute atomic E-state index is 0.0645. The van der Waals surface area contributed by atoms with E-state index in [1.807, 2.05) is 13.8 Å². The zero-order valence-electron chi connectivity index (χ0n) is 11.1. The van der Waals surface area contributed by atoms with Crippen molar-refractivity contribution < 1.29 is 14.7 Å². The summed E-state index contributed by atoms with van der Waals surface area (Å²) in [6.45, 7) is 8.60. The van der Waals surface area contributed by atoms with Gasteiger partial charge in [0.05, 0.1) is 5.92 Å². The van der Waals surface area contributed by atoms with Crippen LogP contribution in [0, 0.1) is 17.8 Å². The first-order valence-corrected chi connectivity index (χ1v) is 6.36. The van der Waals surface area contributed by atoms with Crippen LogP contribution in [-0.4, -0.2) is 34.5 Å². The third-order valence-corrected chi connectivity index (χ3v) is 3.67. The van der Waals surface area contributed by atoms with Crippen LogP contribution in [-0.2, 0) is 9.59 Å². The van der Waals surface area contributed by atoms with Crippen LogP contribution in [0.3, 0.4) is 0 Å². The molecule has 4 heteroatoms. The van der Waals surface area contributed by atoms with E-state index in [4.69, 9.17) is 0 Å². The molecule has 0 radical (unpaired) electrons. The van der Waals surface area contributed by atoms with E-state index in [-0.39, 0.29) is 17.9 Å². The number of amides is 1. The molecule has 1 N–H and O–H groups in total. The fraction of sp³-hybridized carbons (Fsp3) is 0.846. The Labute approximate surface area is 103 Å². The predicted molar refractivity (Wildman–Crippen MR) is 65.5 cm³/mol. The van der Waals surface area contributed by atoms with E-state index in [0.29, 0.717) is 18.9 Å². The van der Waals surface area contributed by atoms with Crippen LogP contribution in [0.5, 0.6) is 0 Å². The van der Waals surface area contributed by atoms with Gasteiger partial charge in [0.1, 0.15) is 0 Å². The molecule has 1 fully saturated rings. The molecule has 0 aromatic heterocycles. The van der Waals surface area contributed by atoms with Crippen LogP contribution in [0.25, 0.3) is 0 Å². The van der Waals surface area contributed by atoms with Gasteiger partial charge in [-0.3, -0.25) is 9.59 Å². The van der Waals surface area contributed by atoms with Crippen molar-refractivity contribution in [3.05, 3.63) is 0 Å². The van der Waals surface area contributed by atoms with Crippen molar-refractivity contribution >= 4 is 11.9 Å². The number of carboxylic acid groups (broad SMARTS) is 1. The van der Waals surface area contributed by atoms with Crippen LogP contribution in [0.1, 0.15) is 40.5 Å². The summed E-state index contributed by atoms with van der Waals surface area (Å²) in [6.07, 6.45) is 1.29. The quantitative estimate of drug-likeness (QED) is 0.819. The number of rotatable bonds is 4. The van der Waals surface area contributed by atoms with E-state index in [9.17, 15) is 14.7 Å². The average Bonchev–Trinajstić information content (AvgIpc) is 2.14. The number of aliphatic carboxylic acids is 1. The second-order valence-corrected chi connectivity index (χ2v) is 5.56. The highest BCUT2D eigenvalue weighted by Gasteiger charge is 2.41. The first kappa shape index (κ1) is 14.0. The lowest BCUT2D eigenvalue weighted by Gasteiger charge is -2.41. The fourth-order valence-corrected chi connectivity index (χ4v) is 2.59. The maximum absolute atomic E-state index is 11.9. The number of carbonyl (C=O) groups excluding carboxylic acids is 1. The van der Waals surface area contributed by atoms with Gasteiger partial charge in [-0.1, -0.05) is 20.8 Å². The molecule has 0 bridgehead atoms. The normalized spacial score (nSPS) is 29.8. The van der Waals surface area contributed by atoms with Crippen molar-refractivity contribution in [2.45, 2.75) is 46.6 Å². The molecule has 0 aromatic carbocycles. The van der Waals surface area contributed by atoms with Crippen LogP contribution >= 0.6 is 0 Å². The van der Waals surface area contributed by atoms with Gasteiger partial charge in [-0.25, -0.2) is 0 Å². The highest BCUT2D eigenvalue weighted by Crippen LogP contribution is 2.30. The second kappa shape index (κ2) is 5.52. The molecule has 1 saturated heterocycles. The van der Waals surface area contributed by atoms with Crippen molar-refractivity contribution in [1.82, 2.24) is 4.90 Å². The minimum Gasteiger partial charge on any atom is -0.481 e. The molecule has 0 aromatic rings. The van der Waals surface area contributed by atoms with E-state index in [0.717, 1.165) is 6.42 Å². The van der Waals surface area contributed by atoms with Gasteiger partial charge in [0.25, 0.3) is 0 Å². The number of likely N-dealkylation sites (tertiary alicyclic amines) is 1. The van der Waals surface area contributed by atoms with Crippen molar-refractivity contribution in [2.75, 3.05) is 6.54 Å². The number of nitrogens with zero attached hydrogens (tertiary/aromatic N) is 1. The molecule has 1 amide bonds. The van der Waals surface area contributed by atoms with Gasteiger partial charge in [-0.05, 0) is 25.2 Å². The Morgan fingerprint density at radius 1 is 1.47 bits per heavy atom. The molecule has 3 atom stereocenters. The molecule has 17 heavy (non-hydrogen) atoms. The van der Waals surface area contributed by atoms with E-state index < -0.39 is 11.9 Å². The molecule has 1 rings (SSSR count). The van der Waals surface area contributed by atoms with E-state index in [1.54, 1.807) is 4.90 Å². The minimum atomic E-state index is -0.785. The molecule has 1 aliphatic heterocycles. The van der Waals surface area contributed by atoms with Crippen molar-refractivity contribution in [2.24, 2.45) is 17.8 Å². The molecule has 0 aliphatic carbocycles. The summed E-state index contributed by atoms with van der Waals surface area (Å²) in [4.78, 5) is 24.9.